The van der Waals surface area contributed by atoms with Gasteiger partial charge in [0.15, 0.2) is 16.4 Å². The molecule has 1 atom stereocenters. The lowest BCUT2D eigenvalue weighted by Crippen LogP contribution is -2.38. The van der Waals surface area contributed by atoms with Crippen molar-refractivity contribution in [3.8, 4) is 0 Å². The maximum absolute atomic E-state index is 11.8. The Hall–Kier alpha value is -1.31. The zero-order valence-corrected chi connectivity index (χ0v) is 13.7. The number of halogens is 2. The van der Waals surface area contributed by atoms with Crippen molar-refractivity contribution in [3.05, 3.63) is 33.8 Å². The van der Waals surface area contributed by atoms with Crippen molar-refractivity contribution in [3.63, 3.8) is 0 Å². The minimum Gasteiger partial charge on any atom is -0.452 e. The Morgan fingerprint density at radius 1 is 1.23 bits per heavy atom. The largest absolute Gasteiger partial charge is 0.452 e. The molecular weight excluding hydrogens is 353 g/mol. The molecule has 0 bridgehead atoms. The zero-order valence-electron chi connectivity index (χ0n) is 11.3. The SMILES string of the molecule is O=C(COC(=O)c1cc(Cl)cc(Cl)c1)N[C@H]1CCS(=O)(=O)C1. The van der Waals surface area contributed by atoms with E-state index in [2.05, 4.69) is 5.32 Å². The first-order chi connectivity index (χ1) is 10.2. The first-order valence-corrected chi connectivity index (χ1v) is 8.96. The number of benzene rings is 1. The summed E-state index contributed by atoms with van der Waals surface area (Å²) in [6, 6.07) is 3.78. The lowest BCUT2D eigenvalue weighted by Gasteiger charge is -2.11. The highest BCUT2D eigenvalue weighted by Gasteiger charge is 2.29. The molecule has 1 amide bonds. The Morgan fingerprint density at radius 2 is 1.86 bits per heavy atom. The van der Waals surface area contributed by atoms with E-state index in [0.29, 0.717) is 6.42 Å². The molecule has 120 valence electrons. The summed E-state index contributed by atoms with van der Waals surface area (Å²) in [5, 5.41) is 3.07. The summed E-state index contributed by atoms with van der Waals surface area (Å²) in [5.41, 5.74) is 0.133. The summed E-state index contributed by atoms with van der Waals surface area (Å²) in [7, 11) is -3.08. The van der Waals surface area contributed by atoms with Gasteiger partial charge in [-0.1, -0.05) is 23.2 Å². The molecule has 9 heteroatoms. The third kappa shape index (κ3) is 4.86. The Kier molecular flexibility index (Phi) is 5.31. The van der Waals surface area contributed by atoms with Crippen LogP contribution in [0.15, 0.2) is 18.2 Å². The highest BCUT2D eigenvalue weighted by molar-refractivity contribution is 7.91. The topological polar surface area (TPSA) is 89.5 Å². The standard InChI is InChI=1S/C13H13Cl2NO5S/c14-9-3-8(4-10(15)5-9)13(18)21-6-12(17)16-11-1-2-22(19,20)7-11/h3-5,11H,1-2,6-7H2,(H,16,17)/t11-/m0/s1. The fourth-order valence-corrected chi connectivity index (χ4v) is 4.26. The molecule has 0 spiro atoms. The van der Waals surface area contributed by atoms with Gasteiger partial charge < -0.3 is 10.1 Å². The quantitative estimate of drug-likeness (QED) is 0.815. The summed E-state index contributed by atoms with van der Waals surface area (Å²) in [6.45, 7) is -0.500. The van der Waals surface area contributed by atoms with Gasteiger partial charge in [0.2, 0.25) is 0 Å². The van der Waals surface area contributed by atoms with Gasteiger partial charge in [0.25, 0.3) is 5.91 Å². The van der Waals surface area contributed by atoms with Gasteiger partial charge in [0, 0.05) is 16.1 Å². The van der Waals surface area contributed by atoms with Crippen molar-refractivity contribution >= 4 is 44.9 Å². The van der Waals surface area contributed by atoms with Gasteiger partial charge in [-0.05, 0) is 24.6 Å². The number of amides is 1. The van der Waals surface area contributed by atoms with Gasteiger partial charge in [0.05, 0.1) is 17.1 Å². The molecule has 22 heavy (non-hydrogen) atoms. The molecule has 0 unspecified atom stereocenters. The zero-order chi connectivity index (χ0) is 16.3. The molecule has 1 N–H and O–H groups in total. The molecule has 0 aliphatic carbocycles. The van der Waals surface area contributed by atoms with E-state index in [1.54, 1.807) is 0 Å². The molecule has 1 heterocycles. The summed E-state index contributed by atoms with van der Waals surface area (Å²) in [5.74, 6) is -1.32. The third-order valence-corrected chi connectivity index (χ3v) is 5.23. The third-order valence-electron chi connectivity index (χ3n) is 3.03. The van der Waals surface area contributed by atoms with Gasteiger partial charge in [0.1, 0.15) is 0 Å². The fraction of sp³-hybridized carbons (Fsp3) is 0.385. The minimum atomic E-state index is -3.08. The molecule has 6 nitrogen and oxygen atoms in total. The second kappa shape index (κ2) is 6.85. The van der Waals surface area contributed by atoms with Gasteiger partial charge in [-0.15, -0.1) is 0 Å². The number of rotatable bonds is 4. The number of esters is 1. The van der Waals surface area contributed by atoms with Crippen molar-refractivity contribution in [1.82, 2.24) is 5.32 Å². The molecule has 0 radical (unpaired) electrons. The lowest BCUT2D eigenvalue weighted by molar-refractivity contribution is -0.124. The van der Waals surface area contributed by atoms with Crippen LogP contribution in [-0.4, -0.2) is 44.4 Å². The van der Waals surface area contributed by atoms with E-state index < -0.39 is 34.4 Å². The summed E-state index contributed by atoms with van der Waals surface area (Å²) in [4.78, 5) is 23.4. The number of hydrogen-bond acceptors (Lipinski definition) is 5. The average Bonchev–Trinajstić information content (AvgIpc) is 2.74. The van der Waals surface area contributed by atoms with E-state index in [9.17, 15) is 18.0 Å². The Bertz CT molecular complexity index is 684. The van der Waals surface area contributed by atoms with Crippen LogP contribution in [0.25, 0.3) is 0 Å². The molecule has 1 aromatic carbocycles. The van der Waals surface area contributed by atoms with E-state index in [1.165, 1.54) is 18.2 Å². The second-order valence-electron chi connectivity index (χ2n) is 4.90. The van der Waals surface area contributed by atoms with Crippen LogP contribution >= 0.6 is 23.2 Å². The predicted molar refractivity (Wildman–Crippen MR) is 81.9 cm³/mol. The maximum Gasteiger partial charge on any atom is 0.338 e. The van der Waals surface area contributed by atoms with Crippen molar-refractivity contribution in [1.29, 1.82) is 0 Å². The molecule has 0 saturated carbocycles. The molecule has 1 aromatic rings. The highest BCUT2D eigenvalue weighted by Crippen LogP contribution is 2.19. The Balaban J connectivity index is 1.84. The van der Waals surface area contributed by atoms with Gasteiger partial charge in [-0.2, -0.15) is 0 Å². The summed E-state index contributed by atoms with van der Waals surface area (Å²) < 4.78 is 27.4. The van der Waals surface area contributed by atoms with Crippen LogP contribution < -0.4 is 5.32 Å². The van der Waals surface area contributed by atoms with Crippen LogP contribution in [-0.2, 0) is 19.4 Å². The van der Waals surface area contributed by atoms with Gasteiger partial charge in [-0.3, -0.25) is 4.79 Å². The second-order valence-corrected chi connectivity index (χ2v) is 8.00. The maximum atomic E-state index is 11.8. The van der Waals surface area contributed by atoms with Crippen molar-refractivity contribution in [2.45, 2.75) is 12.5 Å². The molecule has 0 aromatic heterocycles. The minimum absolute atomic E-state index is 0.0543. The van der Waals surface area contributed by atoms with Crippen LogP contribution in [0.1, 0.15) is 16.8 Å². The first kappa shape index (κ1) is 17.1. The van der Waals surface area contributed by atoms with Crippen LogP contribution in [0.4, 0.5) is 0 Å². The molecule has 1 aliphatic heterocycles. The number of hydrogen-bond donors (Lipinski definition) is 1. The monoisotopic (exact) mass is 365 g/mol. The Labute approximate surface area is 137 Å². The van der Waals surface area contributed by atoms with Crippen molar-refractivity contribution in [2.24, 2.45) is 0 Å². The normalized spacial score (nSPS) is 19.6. The van der Waals surface area contributed by atoms with E-state index in [-0.39, 0.29) is 27.1 Å². The molecule has 1 aliphatic rings. The van der Waals surface area contributed by atoms with Crippen molar-refractivity contribution in [2.75, 3.05) is 18.1 Å². The van der Waals surface area contributed by atoms with E-state index >= 15 is 0 Å². The lowest BCUT2D eigenvalue weighted by atomic mass is 10.2. The number of sulfone groups is 1. The smallest absolute Gasteiger partial charge is 0.338 e. The molecule has 2 rings (SSSR count). The van der Waals surface area contributed by atoms with E-state index in [1.807, 2.05) is 0 Å². The van der Waals surface area contributed by atoms with Gasteiger partial charge >= 0.3 is 5.97 Å². The van der Waals surface area contributed by atoms with E-state index in [0.717, 1.165) is 0 Å². The number of carbonyl (C=O) groups is 2. The highest BCUT2D eigenvalue weighted by atomic mass is 35.5. The van der Waals surface area contributed by atoms with Gasteiger partial charge in [-0.25, -0.2) is 13.2 Å². The van der Waals surface area contributed by atoms with Crippen LogP contribution in [0, 0.1) is 0 Å². The molecule has 1 fully saturated rings. The summed E-state index contributed by atoms with van der Waals surface area (Å²) in [6.07, 6.45) is 0.367. The average molecular weight is 366 g/mol. The van der Waals surface area contributed by atoms with Crippen LogP contribution in [0.5, 0.6) is 0 Å². The number of ether oxygens (including phenoxy) is 1. The summed E-state index contributed by atoms with van der Waals surface area (Å²) >= 11 is 11.5. The van der Waals surface area contributed by atoms with E-state index in [4.69, 9.17) is 27.9 Å². The first-order valence-electron chi connectivity index (χ1n) is 6.38. The fourth-order valence-electron chi connectivity index (χ4n) is 2.06. The Morgan fingerprint density at radius 3 is 2.41 bits per heavy atom. The van der Waals surface area contributed by atoms with Crippen molar-refractivity contribution < 1.29 is 22.7 Å². The molecular formula is C13H13Cl2NO5S. The number of carbonyl (C=O) groups excluding carboxylic acids is 2. The molecule has 1 saturated heterocycles. The number of nitrogens with one attached hydrogen (secondary N) is 1. The predicted octanol–water partition coefficient (Wildman–Crippen LogP) is 1.45. The van der Waals surface area contributed by atoms with Crippen LogP contribution in [0.3, 0.4) is 0 Å². The van der Waals surface area contributed by atoms with Crippen LogP contribution in [0.2, 0.25) is 10.0 Å².